The van der Waals surface area contributed by atoms with E-state index in [4.69, 9.17) is 18.7 Å². The maximum absolute atomic E-state index is 12.4. The number of carbonyl (C=O) groups is 2. The van der Waals surface area contributed by atoms with Gasteiger partial charge in [-0.2, -0.15) is 4.98 Å². The van der Waals surface area contributed by atoms with Crippen molar-refractivity contribution in [2.24, 2.45) is 0 Å². The van der Waals surface area contributed by atoms with Crippen LogP contribution >= 0.6 is 0 Å². The predicted octanol–water partition coefficient (Wildman–Crippen LogP) is 3.50. The molecule has 1 N–H and O–H groups in total. The number of amides is 1. The van der Waals surface area contributed by atoms with Crippen LogP contribution < -0.4 is 14.8 Å². The highest BCUT2D eigenvalue weighted by atomic mass is 16.5. The standard InChI is InChI=1S/C22H23N3O6/c1-4-30-22(27)15-7-5-6-8-16(15)23-19(26)11-12-20-24-21(25-31-20)14-9-10-17(28-2)18(13-14)29-3/h5-10,13H,4,11-12H2,1-3H3,(H,23,26). The molecule has 0 aliphatic carbocycles. The van der Waals surface area contributed by atoms with E-state index >= 15 is 0 Å². The summed E-state index contributed by atoms with van der Waals surface area (Å²) in [4.78, 5) is 28.7. The molecule has 0 atom stereocenters. The second-order valence-corrected chi connectivity index (χ2v) is 6.40. The van der Waals surface area contributed by atoms with Crippen LogP contribution in [0, 0.1) is 0 Å². The van der Waals surface area contributed by atoms with Crippen molar-refractivity contribution >= 4 is 17.6 Å². The van der Waals surface area contributed by atoms with Gasteiger partial charge in [-0.15, -0.1) is 0 Å². The number of carbonyl (C=O) groups excluding carboxylic acids is 2. The van der Waals surface area contributed by atoms with Crippen molar-refractivity contribution in [2.75, 3.05) is 26.1 Å². The first-order valence-electron chi connectivity index (χ1n) is 9.66. The summed E-state index contributed by atoms with van der Waals surface area (Å²) in [5, 5.41) is 6.69. The highest BCUT2D eigenvalue weighted by Gasteiger charge is 2.16. The minimum absolute atomic E-state index is 0.102. The van der Waals surface area contributed by atoms with E-state index in [9.17, 15) is 9.59 Å². The Morgan fingerprint density at radius 2 is 1.84 bits per heavy atom. The molecule has 0 radical (unpaired) electrons. The van der Waals surface area contributed by atoms with Crippen LogP contribution in [0.15, 0.2) is 47.0 Å². The molecule has 1 amide bonds. The third-order valence-electron chi connectivity index (χ3n) is 4.37. The number of hydrogen-bond donors (Lipinski definition) is 1. The third-order valence-corrected chi connectivity index (χ3v) is 4.37. The topological polar surface area (TPSA) is 113 Å². The van der Waals surface area contributed by atoms with Crippen molar-refractivity contribution in [3.63, 3.8) is 0 Å². The number of methoxy groups -OCH3 is 2. The van der Waals surface area contributed by atoms with Gasteiger partial charge < -0.3 is 24.1 Å². The number of benzene rings is 2. The average molecular weight is 425 g/mol. The number of hydrogen-bond acceptors (Lipinski definition) is 8. The van der Waals surface area contributed by atoms with Crippen LogP contribution in [0.5, 0.6) is 11.5 Å². The summed E-state index contributed by atoms with van der Waals surface area (Å²) in [5.74, 6) is 1.06. The lowest BCUT2D eigenvalue weighted by Crippen LogP contribution is -2.16. The van der Waals surface area contributed by atoms with E-state index in [0.717, 1.165) is 0 Å². The number of aromatic nitrogens is 2. The van der Waals surface area contributed by atoms with Gasteiger partial charge in [0.2, 0.25) is 17.6 Å². The number of para-hydroxylation sites is 1. The summed E-state index contributed by atoms with van der Waals surface area (Å²) in [6.45, 7) is 1.97. The van der Waals surface area contributed by atoms with Gasteiger partial charge in [0, 0.05) is 18.4 Å². The van der Waals surface area contributed by atoms with E-state index < -0.39 is 5.97 Å². The fraction of sp³-hybridized carbons (Fsp3) is 0.273. The smallest absolute Gasteiger partial charge is 0.340 e. The van der Waals surface area contributed by atoms with Gasteiger partial charge >= 0.3 is 5.97 Å². The Bertz CT molecular complexity index is 1060. The van der Waals surface area contributed by atoms with Gasteiger partial charge in [0.25, 0.3) is 0 Å². The van der Waals surface area contributed by atoms with Crippen molar-refractivity contribution in [1.29, 1.82) is 0 Å². The summed E-state index contributed by atoms with van der Waals surface area (Å²) in [5.41, 5.74) is 1.38. The highest BCUT2D eigenvalue weighted by molar-refractivity contribution is 6.01. The van der Waals surface area contributed by atoms with Crippen molar-refractivity contribution in [1.82, 2.24) is 10.1 Å². The van der Waals surface area contributed by atoms with Gasteiger partial charge in [-0.3, -0.25) is 4.79 Å². The predicted molar refractivity (Wildman–Crippen MR) is 112 cm³/mol. The lowest BCUT2D eigenvalue weighted by Gasteiger charge is -2.09. The Balaban J connectivity index is 1.63. The van der Waals surface area contributed by atoms with Gasteiger partial charge in [0.05, 0.1) is 32.1 Å². The minimum atomic E-state index is -0.491. The molecule has 0 spiro atoms. The maximum Gasteiger partial charge on any atom is 0.340 e. The zero-order valence-electron chi connectivity index (χ0n) is 17.5. The fourth-order valence-corrected chi connectivity index (χ4v) is 2.86. The zero-order valence-corrected chi connectivity index (χ0v) is 17.5. The van der Waals surface area contributed by atoms with E-state index in [1.165, 1.54) is 0 Å². The van der Waals surface area contributed by atoms with Crippen molar-refractivity contribution in [2.45, 2.75) is 19.8 Å². The summed E-state index contributed by atoms with van der Waals surface area (Å²) in [6, 6.07) is 12.0. The molecule has 2 aromatic carbocycles. The first-order valence-corrected chi connectivity index (χ1v) is 9.66. The molecular formula is C22H23N3O6. The van der Waals surface area contributed by atoms with Gasteiger partial charge in [0.1, 0.15) is 0 Å². The molecule has 9 nitrogen and oxygen atoms in total. The highest BCUT2D eigenvalue weighted by Crippen LogP contribution is 2.31. The normalized spacial score (nSPS) is 10.4. The number of ether oxygens (including phenoxy) is 3. The van der Waals surface area contributed by atoms with Crippen LogP contribution in [0.25, 0.3) is 11.4 Å². The van der Waals surface area contributed by atoms with Crippen LogP contribution in [-0.4, -0.2) is 42.8 Å². The molecule has 0 aliphatic heterocycles. The Kier molecular flexibility index (Phi) is 7.21. The van der Waals surface area contributed by atoms with Crippen LogP contribution in [-0.2, 0) is 16.0 Å². The number of rotatable bonds is 9. The van der Waals surface area contributed by atoms with Crippen LogP contribution in [0.2, 0.25) is 0 Å². The molecule has 0 fully saturated rings. The number of nitrogens with zero attached hydrogens (tertiary/aromatic N) is 2. The minimum Gasteiger partial charge on any atom is -0.493 e. The summed E-state index contributed by atoms with van der Waals surface area (Å²) >= 11 is 0. The molecule has 1 heterocycles. The molecule has 0 saturated carbocycles. The van der Waals surface area contributed by atoms with Crippen LogP contribution in [0.1, 0.15) is 29.6 Å². The second-order valence-electron chi connectivity index (χ2n) is 6.40. The molecule has 0 saturated heterocycles. The Labute approximate surface area is 179 Å². The molecule has 162 valence electrons. The molecule has 1 aromatic heterocycles. The summed E-state index contributed by atoms with van der Waals surface area (Å²) in [7, 11) is 3.10. The quantitative estimate of drug-likeness (QED) is 0.518. The van der Waals surface area contributed by atoms with Gasteiger partial charge in [-0.25, -0.2) is 4.79 Å². The van der Waals surface area contributed by atoms with Crippen LogP contribution in [0.4, 0.5) is 5.69 Å². The van der Waals surface area contributed by atoms with Crippen LogP contribution in [0.3, 0.4) is 0 Å². The van der Waals surface area contributed by atoms with Gasteiger partial charge in [-0.1, -0.05) is 17.3 Å². The van der Waals surface area contributed by atoms with E-state index in [0.29, 0.717) is 40.0 Å². The molecule has 0 unspecified atom stereocenters. The molecule has 3 rings (SSSR count). The summed E-state index contributed by atoms with van der Waals surface area (Å²) in [6.07, 6.45) is 0.346. The second kappa shape index (κ2) is 10.2. The van der Waals surface area contributed by atoms with E-state index in [1.54, 1.807) is 63.6 Å². The Hall–Kier alpha value is -3.88. The first-order chi connectivity index (χ1) is 15.0. The van der Waals surface area contributed by atoms with E-state index in [1.807, 2.05) is 0 Å². The maximum atomic E-state index is 12.4. The Morgan fingerprint density at radius 3 is 2.58 bits per heavy atom. The lowest BCUT2D eigenvalue weighted by atomic mass is 10.1. The Morgan fingerprint density at radius 1 is 1.06 bits per heavy atom. The van der Waals surface area contributed by atoms with Crippen molar-refractivity contribution in [3.8, 4) is 22.9 Å². The van der Waals surface area contributed by atoms with E-state index in [-0.39, 0.29) is 25.4 Å². The number of nitrogens with one attached hydrogen (secondary N) is 1. The molecule has 9 heteroatoms. The van der Waals surface area contributed by atoms with Crippen molar-refractivity contribution in [3.05, 3.63) is 53.9 Å². The monoisotopic (exact) mass is 425 g/mol. The van der Waals surface area contributed by atoms with Gasteiger partial charge in [-0.05, 0) is 37.3 Å². The van der Waals surface area contributed by atoms with E-state index in [2.05, 4.69) is 15.5 Å². The molecule has 0 aliphatic rings. The lowest BCUT2D eigenvalue weighted by molar-refractivity contribution is -0.116. The third kappa shape index (κ3) is 5.39. The molecular weight excluding hydrogens is 402 g/mol. The number of aryl methyl sites for hydroxylation is 1. The SMILES string of the molecule is CCOC(=O)c1ccccc1NC(=O)CCc1nc(-c2ccc(OC)c(OC)c2)no1. The molecule has 31 heavy (non-hydrogen) atoms. The summed E-state index contributed by atoms with van der Waals surface area (Å²) < 4.78 is 20.8. The molecule has 0 bridgehead atoms. The first kappa shape index (κ1) is 21.8. The largest absolute Gasteiger partial charge is 0.493 e. The number of esters is 1. The average Bonchev–Trinajstić information content (AvgIpc) is 3.27. The zero-order chi connectivity index (χ0) is 22.2. The van der Waals surface area contributed by atoms with Gasteiger partial charge in [0.15, 0.2) is 11.5 Å². The molecule has 3 aromatic rings. The fourth-order valence-electron chi connectivity index (χ4n) is 2.86. The van der Waals surface area contributed by atoms with Crippen molar-refractivity contribution < 1.29 is 28.3 Å². The number of anilines is 1.